The van der Waals surface area contributed by atoms with Gasteiger partial charge in [-0.25, -0.2) is 4.79 Å². The van der Waals surface area contributed by atoms with Crippen LogP contribution in [0, 0.1) is 0 Å². The van der Waals surface area contributed by atoms with E-state index in [0.717, 1.165) is 0 Å². The number of aromatic amines is 1. The summed E-state index contributed by atoms with van der Waals surface area (Å²) in [6, 6.07) is 6.58. The van der Waals surface area contributed by atoms with Crippen molar-refractivity contribution in [2.45, 2.75) is 12.4 Å². The highest BCUT2D eigenvalue weighted by Crippen LogP contribution is 2.39. The van der Waals surface area contributed by atoms with E-state index in [9.17, 15) is 31.1 Å². The maximum atomic E-state index is 13.0. The molecule has 0 saturated carbocycles. The minimum atomic E-state index is -4.95. The van der Waals surface area contributed by atoms with Gasteiger partial charge >= 0.3 is 18.3 Å². The largest absolute Gasteiger partial charge is 0.478 e. The second-order valence-corrected chi connectivity index (χ2v) is 5.58. The molecule has 0 spiro atoms. The van der Waals surface area contributed by atoms with Crippen molar-refractivity contribution in [2.24, 2.45) is 0 Å². The maximum Gasteiger partial charge on any atom is 0.416 e. The molecule has 0 saturated heterocycles. The van der Waals surface area contributed by atoms with E-state index < -0.39 is 29.4 Å². The predicted octanol–water partition coefficient (Wildman–Crippen LogP) is 5.57. The molecule has 3 nitrogen and oxygen atoms in total. The highest BCUT2D eigenvalue weighted by Gasteiger charge is 2.37. The molecule has 3 rings (SSSR count). The van der Waals surface area contributed by atoms with E-state index in [1.165, 1.54) is 24.3 Å². The highest BCUT2D eigenvalue weighted by molar-refractivity contribution is 5.95. The zero-order valence-electron chi connectivity index (χ0n) is 12.7. The smallest absolute Gasteiger partial charge is 0.416 e. The van der Waals surface area contributed by atoms with E-state index in [4.69, 9.17) is 5.11 Å². The van der Waals surface area contributed by atoms with Crippen LogP contribution >= 0.6 is 0 Å². The molecular weight excluding hydrogens is 364 g/mol. The zero-order chi connectivity index (χ0) is 19.3. The number of nitrogens with one attached hydrogen (secondary N) is 1. The minimum Gasteiger partial charge on any atom is -0.478 e. The van der Waals surface area contributed by atoms with Crippen LogP contribution in [-0.4, -0.2) is 16.1 Å². The van der Waals surface area contributed by atoms with Gasteiger partial charge < -0.3 is 10.1 Å². The Morgan fingerprint density at radius 3 is 1.92 bits per heavy atom. The van der Waals surface area contributed by atoms with E-state index in [0.29, 0.717) is 17.5 Å². The molecule has 0 aliphatic heterocycles. The third-order valence-corrected chi connectivity index (χ3v) is 3.77. The van der Waals surface area contributed by atoms with E-state index in [1.54, 1.807) is 0 Å². The van der Waals surface area contributed by atoms with E-state index in [1.807, 2.05) is 0 Å². The lowest BCUT2D eigenvalue weighted by Crippen LogP contribution is -2.11. The molecule has 136 valence electrons. The summed E-state index contributed by atoms with van der Waals surface area (Å²) in [7, 11) is 0. The van der Waals surface area contributed by atoms with Gasteiger partial charge in [0.05, 0.1) is 16.7 Å². The number of hydrogen-bond donors (Lipinski definition) is 2. The van der Waals surface area contributed by atoms with Gasteiger partial charge in [-0.05, 0) is 42.0 Å². The standard InChI is InChI=1S/C17H9F6NO2/c18-16(19,20)11-3-10(4-12(7-11)17(21,22)23)14-5-8-1-2-9(15(25)26)6-13(8)24-14/h1-7,24H,(H,25,26). The molecule has 0 aliphatic carbocycles. The Labute approximate surface area is 141 Å². The molecule has 2 N–H and O–H groups in total. The molecule has 1 heterocycles. The first-order valence-electron chi connectivity index (χ1n) is 7.11. The predicted molar refractivity (Wildman–Crippen MR) is 80.7 cm³/mol. The summed E-state index contributed by atoms with van der Waals surface area (Å²) in [6.07, 6.45) is -9.89. The summed E-state index contributed by atoms with van der Waals surface area (Å²) in [4.78, 5) is 13.6. The summed E-state index contributed by atoms with van der Waals surface area (Å²) in [5, 5.41) is 9.41. The Bertz CT molecular complexity index is 968. The van der Waals surface area contributed by atoms with E-state index in [2.05, 4.69) is 4.98 Å². The number of aromatic nitrogens is 1. The number of hydrogen-bond acceptors (Lipinski definition) is 1. The van der Waals surface area contributed by atoms with Gasteiger partial charge in [0.25, 0.3) is 0 Å². The number of aromatic carboxylic acids is 1. The van der Waals surface area contributed by atoms with Crippen molar-refractivity contribution in [2.75, 3.05) is 0 Å². The van der Waals surface area contributed by atoms with Crippen LogP contribution in [0.3, 0.4) is 0 Å². The van der Waals surface area contributed by atoms with Crippen LogP contribution in [0.25, 0.3) is 22.2 Å². The van der Waals surface area contributed by atoms with Crippen LogP contribution in [-0.2, 0) is 12.4 Å². The first-order chi connectivity index (χ1) is 11.9. The van der Waals surface area contributed by atoms with Crippen LogP contribution in [0.15, 0.2) is 42.5 Å². The molecule has 2 aromatic carbocycles. The summed E-state index contributed by atoms with van der Waals surface area (Å²) in [5.41, 5.74) is -2.92. The molecule has 0 aliphatic rings. The van der Waals surface area contributed by atoms with Gasteiger partial charge in [-0.3, -0.25) is 0 Å². The number of H-pyrrole nitrogens is 1. The lowest BCUT2D eigenvalue weighted by Gasteiger charge is -2.13. The van der Waals surface area contributed by atoms with Crippen molar-refractivity contribution in [3.63, 3.8) is 0 Å². The normalized spacial score (nSPS) is 12.5. The van der Waals surface area contributed by atoms with Gasteiger partial charge in [0.15, 0.2) is 0 Å². The van der Waals surface area contributed by atoms with Crippen LogP contribution in [0.5, 0.6) is 0 Å². The first-order valence-corrected chi connectivity index (χ1v) is 7.11. The van der Waals surface area contributed by atoms with Crippen LogP contribution in [0.4, 0.5) is 26.3 Å². The number of rotatable bonds is 2. The quantitative estimate of drug-likeness (QED) is 0.577. The molecule has 0 atom stereocenters. The SMILES string of the molecule is O=C(O)c1ccc2cc(-c3cc(C(F)(F)F)cc(C(F)(F)F)c3)[nH]c2c1. The number of benzene rings is 2. The van der Waals surface area contributed by atoms with Gasteiger partial charge in [0.1, 0.15) is 0 Å². The number of fused-ring (bicyclic) bond motifs is 1. The molecular formula is C17H9F6NO2. The maximum absolute atomic E-state index is 13.0. The van der Waals surface area contributed by atoms with Crippen LogP contribution < -0.4 is 0 Å². The average Bonchev–Trinajstić information content (AvgIpc) is 2.95. The fraction of sp³-hybridized carbons (Fsp3) is 0.118. The van der Waals surface area contributed by atoms with Crippen LogP contribution in [0.2, 0.25) is 0 Å². The average molecular weight is 373 g/mol. The Hall–Kier alpha value is -2.97. The molecule has 0 unspecified atom stereocenters. The second-order valence-electron chi connectivity index (χ2n) is 5.58. The molecule has 26 heavy (non-hydrogen) atoms. The Morgan fingerprint density at radius 2 is 1.42 bits per heavy atom. The van der Waals surface area contributed by atoms with Crippen LogP contribution in [0.1, 0.15) is 21.5 Å². The number of carboxylic acids is 1. The van der Waals surface area contributed by atoms with Gasteiger partial charge in [0, 0.05) is 16.6 Å². The Morgan fingerprint density at radius 1 is 0.846 bits per heavy atom. The van der Waals surface area contributed by atoms with E-state index >= 15 is 0 Å². The van der Waals surface area contributed by atoms with Gasteiger partial charge in [-0.2, -0.15) is 26.3 Å². The molecule has 0 amide bonds. The van der Waals surface area contributed by atoms with Gasteiger partial charge in [-0.15, -0.1) is 0 Å². The zero-order valence-corrected chi connectivity index (χ0v) is 12.7. The monoisotopic (exact) mass is 373 g/mol. The molecule has 9 heteroatoms. The molecule has 1 aromatic heterocycles. The third kappa shape index (κ3) is 3.37. The topological polar surface area (TPSA) is 53.1 Å². The lowest BCUT2D eigenvalue weighted by molar-refractivity contribution is -0.143. The van der Waals surface area contributed by atoms with Crippen molar-refractivity contribution < 1.29 is 36.2 Å². The van der Waals surface area contributed by atoms with E-state index in [-0.39, 0.29) is 28.4 Å². The van der Waals surface area contributed by atoms with Crippen molar-refractivity contribution in [1.29, 1.82) is 0 Å². The van der Waals surface area contributed by atoms with Gasteiger partial charge in [0.2, 0.25) is 0 Å². The molecule has 3 aromatic rings. The Balaban J connectivity index is 2.19. The van der Waals surface area contributed by atoms with Gasteiger partial charge in [-0.1, -0.05) is 6.07 Å². The van der Waals surface area contributed by atoms with Crippen molar-refractivity contribution in [3.8, 4) is 11.3 Å². The third-order valence-electron chi connectivity index (χ3n) is 3.77. The summed E-state index contributed by atoms with van der Waals surface area (Å²) in [5.74, 6) is -1.21. The summed E-state index contributed by atoms with van der Waals surface area (Å²) >= 11 is 0. The fourth-order valence-corrected chi connectivity index (χ4v) is 2.53. The minimum absolute atomic E-state index is 0.0131. The Kier molecular flexibility index (Phi) is 3.97. The number of carboxylic acid groups (broad SMARTS) is 1. The lowest BCUT2D eigenvalue weighted by atomic mass is 10.0. The fourth-order valence-electron chi connectivity index (χ4n) is 2.53. The van der Waals surface area contributed by atoms with Crippen molar-refractivity contribution in [3.05, 3.63) is 59.2 Å². The first kappa shape index (κ1) is 17.8. The second kappa shape index (κ2) is 5.79. The molecule has 0 bridgehead atoms. The number of alkyl halides is 6. The van der Waals surface area contributed by atoms with Crippen molar-refractivity contribution in [1.82, 2.24) is 4.98 Å². The summed E-state index contributed by atoms with van der Waals surface area (Å²) < 4.78 is 77.7. The highest BCUT2D eigenvalue weighted by atomic mass is 19.4. The van der Waals surface area contributed by atoms with Crippen molar-refractivity contribution >= 4 is 16.9 Å². The number of halogens is 6. The number of carbonyl (C=O) groups is 1. The molecule has 0 fully saturated rings. The summed E-state index contributed by atoms with van der Waals surface area (Å²) in [6.45, 7) is 0. The molecule has 0 radical (unpaired) electrons.